The van der Waals surface area contributed by atoms with E-state index in [1.165, 1.54) is 6.26 Å². The van der Waals surface area contributed by atoms with Crippen molar-refractivity contribution < 1.29 is 18.4 Å². The Kier molecular flexibility index (Phi) is 6.59. The van der Waals surface area contributed by atoms with Gasteiger partial charge in [-0.3, -0.25) is 20.4 Å². The van der Waals surface area contributed by atoms with E-state index in [1.54, 1.807) is 12.1 Å². The Labute approximate surface area is 190 Å². The highest BCUT2D eigenvalue weighted by Gasteiger charge is 2.29. The molecule has 0 unspecified atom stereocenters. The molecule has 1 aliphatic rings. The number of amides is 2. The second-order valence-corrected chi connectivity index (χ2v) is 7.78. The van der Waals surface area contributed by atoms with E-state index in [1.807, 2.05) is 42.2 Å². The smallest absolute Gasteiger partial charge is 0.266 e. The SMILES string of the molecule is Cc1ccc(NCC(=O)NNC(=O)C2CCN(c3oc(-c4ccco4)nc3C#N)CC2)cc1. The Morgan fingerprint density at radius 3 is 2.61 bits per heavy atom. The van der Waals surface area contributed by atoms with Crippen molar-refractivity contribution in [2.75, 3.05) is 29.9 Å². The van der Waals surface area contributed by atoms with E-state index < -0.39 is 0 Å². The summed E-state index contributed by atoms with van der Waals surface area (Å²) in [7, 11) is 0. The molecule has 2 aromatic heterocycles. The average Bonchev–Trinajstić information content (AvgIpc) is 3.52. The molecule has 3 aromatic rings. The van der Waals surface area contributed by atoms with Crippen molar-refractivity contribution in [3.63, 3.8) is 0 Å². The van der Waals surface area contributed by atoms with Gasteiger partial charge >= 0.3 is 0 Å². The number of rotatable bonds is 6. The molecule has 1 aliphatic heterocycles. The minimum absolute atomic E-state index is 0.0439. The zero-order valence-corrected chi connectivity index (χ0v) is 18.1. The van der Waals surface area contributed by atoms with Crippen LogP contribution in [0.5, 0.6) is 0 Å². The summed E-state index contributed by atoms with van der Waals surface area (Å²) < 4.78 is 11.1. The lowest BCUT2D eigenvalue weighted by Gasteiger charge is -2.30. The molecular weight excluding hydrogens is 424 g/mol. The molecule has 10 nitrogen and oxygen atoms in total. The van der Waals surface area contributed by atoms with Gasteiger partial charge in [0.1, 0.15) is 6.07 Å². The summed E-state index contributed by atoms with van der Waals surface area (Å²) in [5.74, 6) is 0.218. The van der Waals surface area contributed by atoms with Crippen LogP contribution in [0.4, 0.5) is 11.6 Å². The molecule has 1 aromatic carbocycles. The van der Waals surface area contributed by atoms with Gasteiger partial charge in [0, 0.05) is 24.7 Å². The van der Waals surface area contributed by atoms with E-state index in [2.05, 4.69) is 21.2 Å². The van der Waals surface area contributed by atoms with Crippen LogP contribution in [0.15, 0.2) is 51.5 Å². The van der Waals surface area contributed by atoms with Gasteiger partial charge < -0.3 is 19.1 Å². The van der Waals surface area contributed by atoms with Crippen molar-refractivity contribution in [1.82, 2.24) is 15.8 Å². The summed E-state index contributed by atoms with van der Waals surface area (Å²) in [6.07, 6.45) is 2.60. The molecule has 2 amide bonds. The zero-order chi connectivity index (χ0) is 23.2. The molecule has 1 fully saturated rings. The number of nitrogens with one attached hydrogen (secondary N) is 3. The molecule has 0 saturated carbocycles. The maximum atomic E-state index is 12.5. The van der Waals surface area contributed by atoms with Gasteiger partial charge in [-0.15, -0.1) is 0 Å². The fraction of sp³-hybridized carbons (Fsp3) is 0.304. The molecular formula is C23H24N6O4. The zero-order valence-electron chi connectivity index (χ0n) is 18.1. The molecule has 0 radical (unpaired) electrons. The molecule has 10 heteroatoms. The van der Waals surface area contributed by atoms with Crippen LogP contribution in [0.2, 0.25) is 0 Å². The lowest BCUT2D eigenvalue weighted by molar-refractivity contribution is -0.131. The molecule has 1 saturated heterocycles. The predicted molar refractivity (Wildman–Crippen MR) is 120 cm³/mol. The third kappa shape index (κ3) is 5.33. The molecule has 0 bridgehead atoms. The maximum absolute atomic E-state index is 12.5. The number of aryl methyl sites for hydroxylation is 1. The Hall–Kier alpha value is -4.26. The van der Waals surface area contributed by atoms with E-state index in [-0.39, 0.29) is 35.9 Å². The normalized spacial score (nSPS) is 13.9. The van der Waals surface area contributed by atoms with Crippen molar-refractivity contribution >= 4 is 23.4 Å². The third-order valence-corrected chi connectivity index (χ3v) is 5.43. The van der Waals surface area contributed by atoms with E-state index in [0.29, 0.717) is 37.6 Å². The Balaban J connectivity index is 1.24. The number of carbonyl (C=O) groups excluding carboxylic acids is 2. The van der Waals surface area contributed by atoms with E-state index in [4.69, 9.17) is 8.83 Å². The van der Waals surface area contributed by atoms with Crippen LogP contribution in [0, 0.1) is 24.2 Å². The van der Waals surface area contributed by atoms with Gasteiger partial charge in [-0.2, -0.15) is 10.2 Å². The number of hydrogen-bond acceptors (Lipinski definition) is 8. The molecule has 170 valence electrons. The molecule has 4 rings (SSSR count). The fourth-order valence-electron chi connectivity index (χ4n) is 3.58. The number of nitriles is 1. The van der Waals surface area contributed by atoms with Crippen LogP contribution in [0.25, 0.3) is 11.7 Å². The first-order valence-corrected chi connectivity index (χ1v) is 10.6. The standard InChI is InChI=1S/C23H24N6O4/c1-15-4-6-17(7-5-15)25-14-20(30)27-28-21(31)16-8-10-29(11-9-16)23-18(13-24)26-22(33-23)19-3-2-12-32-19/h2-7,12,16,25H,8-11,14H2,1H3,(H,27,30)(H,28,31). The van der Waals surface area contributed by atoms with Crippen LogP contribution in [0.1, 0.15) is 24.1 Å². The van der Waals surface area contributed by atoms with Gasteiger partial charge in [0.25, 0.3) is 11.8 Å². The number of oxazole rings is 1. The summed E-state index contributed by atoms with van der Waals surface area (Å²) in [5, 5.41) is 12.4. The number of hydrazine groups is 1. The van der Waals surface area contributed by atoms with Crippen LogP contribution in [-0.4, -0.2) is 36.4 Å². The van der Waals surface area contributed by atoms with Gasteiger partial charge in [-0.1, -0.05) is 17.7 Å². The molecule has 3 heterocycles. The summed E-state index contributed by atoms with van der Waals surface area (Å²) in [6.45, 7) is 3.07. The van der Waals surface area contributed by atoms with Crippen molar-refractivity contribution in [2.24, 2.45) is 5.92 Å². The van der Waals surface area contributed by atoms with Crippen molar-refractivity contribution in [2.45, 2.75) is 19.8 Å². The first kappa shape index (κ1) is 22.0. The quantitative estimate of drug-likeness (QED) is 0.490. The average molecular weight is 448 g/mol. The summed E-state index contributed by atoms with van der Waals surface area (Å²) in [6, 6.07) is 13.1. The lowest BCUT2D eigenvalue weighted by atomic mass is 9.96. The van der Waals surface area contributed by atoms with E-state index in [0.717, 1.165) is 11.3 Å². The first-order chi connectivity index (χ1) is 16.0. The number of furan rings is 1. The van der Waals surface area contributed by atoms with E-state index >= 15 is 0 Å². The molecule has 33 heavy (non-hydrogen) atoms. The second kappa shape index (κ2) is 9.91. The summed E-state index contributed by atoms with van der Waals surface area (Å²) in [4.78, 5) is 30.6. The minimum Gasteiger partial charge on any atom is -0.459 e. The summed E-state index contributed by atoms with van der Waals surface area (Å²) in [5.41, 5.74) is 7.08. The van der Waals surface area contributed by atoms with Crippen molar-refractivity contribution in [3.8, 4) is 17.7 Å². The number of piperidine rings is 1. The van der Waals surface area contributed by atoms with Crippen LogP contribution < -0.4 is 21.1 Å². The molecule has 3 N–H and O–H groups in total. The van der Waals surface area contributed by atoms with Crippen molar-refractivity contribution in [1.29, 1.82) is 5.26 Å². The van der Waals surface area contributed by atoms with Crippen LogP contribution in [-0.2, 0) is 9.59 Å². The Morgan fingerprint density at radius 2 is 1.94 bits per heavy atom. The molecule has 0 aliphatic carbocycles. The maximum Gasteiger partial charge on any atom is 0.266 e. The first-order valence-electron chi connectivity index (χ1n) is 10.6. The largest absolute Gasteiger partial charge is 0.459 e. The Bertz CT molecular complexity index is 1140. The minimum atomic E-state index is -0.341. The molecule has 0 spiro atoms. The third-order valence-electron chi connectivity index (χ3n) is 5.43. The second-order valence-electron chi connectivity index (χ2n) is 7.78. The van der Waals surface area contributed by atoms with Gasteiger partial charge in [-0.05, 0) is 44.0 Å². The topological polar surface area (TPSA) is 136 Å². The highest BCUT2D eigenvalue weighted by atomic mass is 16.4. The van der Waals surface area contributed by atoms with Gasteiger partial charge in [0.2, 0.25) is 17.5 Å². The molecule has 0 atom stereocenters. The number of benzene rings is 1. The highest BCUT2D eigenvalue weighted by Crippen LogP contribution is 2.31. The highest BCUT2D eigenvalue weighted by molar-refractivity contribution is 5.85. The van der Waals surface area contributed by atoms with Gasteiger partial charge in [0.15, 0.2) is 5.76 Å². The number of carbonyl (C=O) groups is 2. The number of hydrogen-bond donors (Lipinski definition) is 3. The van der Waals surface area contributed by atoms with Crippen LogP contribution in [0.3, 0.4) is 0 Å². The number of anilines is 2. The fourth-order valence-corrected chi connectivity index (χ4v) is 3.58. The van der Waals surface area contributed by atoms with Gasteiger partial charge in [-0.25, -0.2) is 0 Å². The van der Waals surface area contributed by atoms with E-state index in [9.17, 15) is 14.9 Å². The number of nitrogens with zero attached hydrogens (tertiary/aromatic N) is 3. The van der Waals surface area contributed by atoms with Gasteiger partial charge in [0.05, 0.1) is 12.8 Å². The summed E-state index contributed by atoms with van der Waals surface area (Å²) >= 11 is 0. The predicted octanol–water partition coefficient (Wildman–Crippen LogP) is 2.59. The van der Waals surface area contributed by atoms with Crippen molar-refractivity contribution in [3.05, 3.63) is 53.9 Å². The van der Waals surface area contributed by atoms with Crippen LogP contribution >= 0.6 is 0 Å². The number of aromatic nitrogens is 1. The lowest BCUT2D eigenvalue weighted by Crippen LogP contribution is -2.48. The monoisotopic (exact) mass is 448 g/mol. The Morgan fingerprint density at radius 1 is 1.18 bits per heavy atom.